The van der Waals surface area contributed by atoms with Crippen LogP contribution in [0.5, 0.6) is 0 Å². The molecule has 1 nitrogen and oxygen atoms in total. The van der Waals surface area contributed by atoms with E-state index in [1.165, 1.54) is 0 Å². The number of nitrogens with zero attached hydrogens (tertiary/aromatic N) is 1. The van der Waals surface area contributed by atoms with Crippen LogP contribution in [-0.4, -0.2) is 12.8 Å². The van der Waals surface area contributed by atoms with Gasteiger partial charge in [-0.2, -0.15) is 0 Å². The molecular weight excluding hydrogens is 134 g/mol. The maximum atomic E-state index is 4.10. The Balaban J connectivity index is 3.36. The first kappa shape index (κ1) is 9.89. The van der Waals surface area contributed by atoms with Gasteiger partial charge in [0.25, 0.3) is 0 Å². The molecule has 0 rings (SSSR count). The van der Waals surface area contributed by atoms with Crippen molar-refractivity contribution in [2.45, 2.75) is 13.3 Å². The molecule has 0 aromatic carbocycles. The number of hydrogen-bond donors (Lipinski definition) is 0. The number of rotatable bonds is 5. The van der Waals surface area contributed by atoms with Gasteiger partial charge in [0, 0.05) is 6.21 Å². The average Bonchev–Trinajstić information content (AvgIpc) is 2.03. The van der Waals surface area contributed by atoms with Gasteiger partial charge in [-0.25, -0.2) is 0 Å². The summed E-state index contributed by atoms with van der Waals surface area (Å²) in [6.07, 6.45) is 12.5. The lowest BCUT2D eigenvalue weighted by atomic mass is 10.4. The van der Waals surface area contributed by atoms with E-state index in [0.29, 0.717) is 0 Å². The molecule has 11 heavy (non-hydrogen) atoms. The summed E-state index contributed by atoms with van der Waals surface area (Å²) in [5, 5.41) is 0. The van der Waals surface area contributed by atoms with E-state index in [0.717, 1.165) is 13.0 Å². The lowest BCUT2D eigenvalue weighted by molar-refractivity contribution is 1.22. The van der Waals surface area contributed by atoms with Crippen LogP contribution in [0.3, 0.4) is 0 Å². The third-order valence-corrected chi connectivity index (χ3v) is 1.05. The van der Waals surface area contributed by atoms with E-state index in [4.69, 9.17) is 0 Å². The fraction of sp³-hybridized carbons (Fsp3) is 0.300. The van der Waals surface area contributed by atoms with Crippen LogP contribution in [0.4, 0.5) is 0 Å². The van der Waals surface area contributed by atoms with Gasteiger partial charge in [0.2, 0.25) is 0 Å². The van der Waals surface area contributed by atoms with E-state index >= 15 is 0 Å². The van der Waals surface area contributed by atoms with Gasteiger partial charge in [-0.15, -0.1) is 0 Å². The van der Waals surface area contributed by atoms with E-state index in [9.17, 15) is 0 Å². The van der Waals surface area contributed by atoms with E-state index in [1.807, 2.05) is 24.4 Å². The molecule has 0 saturated carbocycles. The summed E-state index contributed by atoms with van der Waals surface area (Å²) in [6, 6.07) is 0. The summed E-state index contributed by atoms with van der Waals surface area (Å²) in [5.41, 5.74) is 0. The molecule has 0 heterocycles. The molecule has 0 aliphatic carbocycles. The molecule has 0 aliphatic rings. The van der Waals surface area contributed by atoms with Crippen LogP contribution >= 0.6 is 0 Å². The van der Waals surface area contributed by atoms with E-state index < -0.39 is 0 Å². The Morgan fingerprint density at radius 2 is 2.09 bits per heavy atom. The summed E-state index contributed by atoms with van der Waals surface area (Å²) in [7, 11) is 0. The van der Waals surface area contributed by atoms with Crippen LogP contribution in [0.15, 0.2) is 42.0 Å². The molecule has 0 N–H and O–H groups in total. The van der Waals surface area contributed by atoms with Crippen molar-refractivity contribution in [1.82, 2.24) is 0 Å². The first-order chi connectivity index (χ1) is 5.41. The lowest BCUT2D eigenvalue weighted by Gasteiger charge is -1.79. The maximum absolute atomic E-state index is 4.10. The maximum Gasteiger partial charge on any atom is 0.0573 e. The molecular formula is C10H15N. The van der Waals surface area contributed by atoms with Crippen LogP contribution in [0.1, 0.15) is 13.3 Å². The molecule has 0 amide bonds. The average molecular weight is 149 g/mol. The molecule has 0 aliphatic heterocycles. The van der Waals surface area contributed by atoms with Crippen LogP contribution < -0.4 is 0 Å². The Bertz CT molecular complexity index is 164. The highest BCUT2D eigenvalue weighted by Gasteiger charge is 1.66. The fourth-order valence-electron chi connectivity index (χ4n) is 0.537. The number of hydrogen-bond acceptors (Lipinski definition) is 1. The quantitative estimate of drug-likeness (QED) is 0.421. The Labute approximate surface area is 68.9 Å². The van der Waals surface area contributed by atoms with Gasteiger partial charge in [-0.3, -0.25) is 4.99 Å². The largest absolute Gasteiger partial charge is 0.289 e. The second kappa shape index (κ2) is 8.89. The highest BCUT2D eigenvalue weighted by atomic mass is 14.7. The standard InChI is InChI=1S/C10H15N/c1-3-5-7-9-11-10-8-6-4-2/h3,5-8,10H,1,4,9H2,2H3/b7-5-,8-6-,11-10?. The van der Waals surface area contributed by atoms with Crippen LogP contribution in [-0.2, 0) is 0 Å². The minimum absolute atomic E-state index is 0.736. The zero-order chi connectivity index (χ0) is 8.36. The van der Waals surface area contributed by atoms with Crippen molar-refractivity contribution in [1.29, 1.82) is 0 Å². The Morgan fingerprint density at radius 1 is 1.27 bits per heavy atom. The zero-order valence-electron chi connectivity index (χ0n) is 7.03. The fourth-order valence-corrected chi connectivity index (χ4v) is 0.537. The molecule has 0 aromatic heterocycles. The third-order valence-electron chi connectivity index (χ3n) is 1.05. The highest BCUT2D eigenvalue weighted by Crippen LogP contribution is 1.78. The first-order valence-corrected chi connectivity index (χ1v) is 3.84. The van der Waals surface area contributed by atoms with Crippen LogP contribution in [0.25, 0.3) is 0 Å². The predicted octanol–water partition coefficient (Wildman–Crippen LogP) is 2.77. The van der Waals surface area contributed by atoms with E-state index in [2.05, 4.69) is 24.6 Å². The van der Waals surface area contributed by atoms with Gasteiger partial charge in [-0.05, 0) is 12.5 Å². The first-order valence-electron chi connectivity index (χ1n) is 3.84. The van der Waals surface area contributed by atoms with Crippen LogP contribution in [0, 0.1) is 0 Å². The van der Waals surface area contributed by atoms with Crippen molar-refractivity contribution >= 4 is 6.21 Å². The second-order valence-electron chi connectivity index (χ2n) is 2.01. The van der Waals surface area contributed by atoms with Gasteiger partial charge in [0.1, 0.15) is 0 Å². The van der Waals surface area contributed by atoms with Gasteiger partial charge in [0.15, 0.2) is 0 Å². The number of aliphatic imine (C=N–C) groups is 1. The molecule has 0 bridgehead atoms. The molecule has 60 valence electrons. The van der Waals surface area contributed by atoms with Crippen molar-refractivity contribution in [2.24, 2.45) is 4.99 Å². The monoisotopic (exact) mass is 149 g/mol. The molecule has 0 atom stereocenters. The normalized spacial score (nSPS) is 12.1. The molecule has 0 unspecified atom stereocenters. The molecule has 0 fully saturated rings. The topological polar surface area (TPSA) is 12.4 Å². The summed E-state index contributed by atoms with van der Waals surface area (Å²) < 4.78 is 0. The van der Waals surface area contributed by atoms with Crippen molar-refractivity contribution in [2.75, 3.05) is 6.54 Å². The Kier molecular flexibility index (Phi) is 7.99. The predicted molar refractivity (Wildman–Crippen MR) is 52.1 cm³/mol. The van der Waals surface area contributed by atoms with Crippen molar-refractivity contribution in [3.8, 4) is 0 Å². The Hall–Kier alpha value is -1.11. The molecule has 0 saturated heterocycles. The van der Waals surface area contributed by atoms with Crippen molar-refractivity contribution in [3.05, 3.63) is 37.0 Å². The highest BCUT2D eigenvalue weighted by molar-refractivity contribution is 5.70. The summed E-state index contributed by atoms with van der Waals surface area (Å²) in [6.45, 7) is 6.39. The molecule has 0 spiro atoms. The summed E-state index contributed by atoms with van der Waals surface area (Å²) in [4.78, 5) is 4.10. The van der Waals surface area contributed by atoms with Gasteiger partial charge >= 0.3 is 0 Å². The summed E-state index contributed by atoms with van der Waals surface area (Å²) in [5.74, 6) is 0. The lowest BCUT2D eigenvalue weighted by Crippen LogP contribution is -1.71. The smallest absolute Gasteiger partial charge is 0.0573 e. The zero-order valence-corrected chi connectivity index (χ0v) is 7.03. The van der Waals surface area contributed by atoms with Crippen LogP contribution in [0.2, 0.25) is 0 Å². The van der Waals surface area contributed by atoms with E-state index in [1.54, 1.807) is 6.08 Å². The molecule has 0 radical (unpaired) electrons. The SMILES string of the molecule is C=C/C=C\CN=C/C=C\CC. The molecule has 0 aromatic rings. The molecule has 1 heteroatoms. The Morgan fingerprint density at radius 3 is 2.73 bits per heavy atom. The van der Waals surface area contributed by atoms with Gasteiger partial charge in [0.05, 0.1) is 6.54 Å². The van der Waals surface area contributed by atoms with Gasteiger partial charge < -0.3 is 0 Å². The van der Waals surface area contributed by atoms with Gasteiger partial charge in [-0.1, -0.05) is 37.8 Å². The number of allylic oxidation sites excluding steroid dienone is 4. The minimum atomic E-state index is 0.736. The van der Waals surface area contributed by atoms with Crippen molar-refractivity contribution < 1.29 is 0 Å². The minimum Gasteiger partial charge on any atom is -0.289 e. The van der Waals surface area contributed by atoms with Crippen molar-refractivity contribution in [3.63, 3.8) is 0 Å². The third kappa shape index (κ3) is 8.89. The second-order valence-corrected chi connectivity index (χ2v) is 2.01. The van der Waals surface area contributed by atoms with E-state index in [-0.39, 0.29) is 0 Å². The summed E-state index contributed by atoms with van der Waals surface area (Å²) >= 11 is 0.